The van der Waals surface area contributed by atoms with Crippen LogP contribution >= 0.6 is 11.3 Å². The van der Waals surface area contributed by atoms with Crippen molar-refractivity contribution in [3.8, 4) is 10.9 Å². The summed E-state index contributed by atoms with van der Waals surface area (Å²) in [5.74, 6) is 1.74. The Balaban J connectivity index is 1.21. The van der Waals surface area contributed by atoms with Gasteiger partial charge in [0.1, 0.15) is 5.75 Å². The molecule has 2 unspecified atom stereocenters. The molecule has 140 valence electrons. The third-order valence-electron chi connectivity index (χ3n) is 5.81. The van der Waals surface area contributed by atoms with Crippen molar-refractivity contribution in [1.82, 2.24) is 15.2 Å². The number of benzene rings is 2. The number of likely N-dealkylation sites (tertiary alicyclic amines) is 1. The van der Waals surface area contributed by atoms with Gasteiger partial charge in [0.05, 0.1) is 10.2 Å². The normalized spacial score (nSPS) is 23.3. The Morgan fingerprint density at radius 1 is 1.11 bits per heavy atom. The van der Waals surface area contributed by atoms with Gasteiger partial charge < -0.3 is 10.1 Å². The SMILES string of the molecule is c1ccc2sc(Oc3ccc(CN4CCC5CCCNC5C4)cc3)nc2c1. The van der Waals surface area contributed by atoms with E-state index in [2.05, 4.69) is 45.5 Å². The van der Waals surface area contributed by atoms with Crippen molar-refractivity contribution in [2.75, 3.05) is 19.6 Å². The van der Waals surface area contributed by atoms with Crippen LogP contribution in [0.3, 0.4) is 0 Å². The van der Waals surface area contributed by atoms with Gasteiger partial charge in [0.25, 0.3) is 5.19 Å². The summed E-state index contributed by atoms with van der Waals surface area (Å²) in [5.41, 5.74) is 2.34. The van der Waals surface area contributed by atoms with E-state index in [0.29, 0.717) is 11.2 Å². The lowest BCUT2D eigenvalue weighted by atomic mass is 9.85. The first-order valence-electron chi connectivity index (χ1n) is 9.91. The van der Waals surface area contributed by atoms with Crippen molar-refractivity contribution in [3.05, 3.63) is 54.1 Å². The van der Waals surface area contributed by atoms with Crippen molar-refractivity contribution in [2.45, 2.75) is 31.8 Å². The molecule has 1 aromatic heterocycles. The Labute approximate surface area is 164 Å². The van der Waals surface area contributed by atoms with Gasteiger partial charge in [-0.15, -0.1) is 0 Å². The number of nitrogens with one attached hydrogen (secondary N) is 1. The Bertz CT molecular complexity index is 874. The molecular formula is C22H25N3OS. The van der Waals surface area contributed by atoms with Crippen molar-refractivity contribution in [2.24, 2.45) is 5.92 Å². The maximum atomic E-state index is 5.96. The molecule has 0 radical (unpaired) electrons. The number of ether oxygens (including phenoxy) is 1. The molecule has 0 amide bonds. The molecule has 0 bridgehead atoms. The largest absolute Gasteiger partial charge is 0.431 e. The van der Waals surface area contributed by atoms with Crippen molar-refractivity contribution < 1.29 is 4.74 Å². The Morgan fingerprint density at radius 2 is 2.00 bits per heavy atom. The number of piperidine rings is 2. The second-order valence-electron chi connectivity index (χ2n) is 7.68. The standard InChI is InChI=1S/C22H25N3OS/c1-2-6-21-19(5-1)24-22(27-21)26-18-9-7-16(8-10-18)14-25-13-11-17-4-3-12-23-20(17)15-25/h1-2,5-10,17,20,23H,3-4,11-15H2. The highest BCUT2D eigenvalue weighted by molar-refractivity contribution is 7.20. The average Bonchev–Trinajstić information content (AvgIpc) is 3.12. The number of aromatic nitrogens is 1. The van der Waals surface area contributed by atoms with E-state index in [0.717, 1.165) is 28.4 Å². The molecule has 2 atom stereocenters. The third-order valence-corrected chi connectivity index (χ3v) is 6.72. The van der Waals surface area contributed by atoms with E-state index in [1.165, 1.54) is 44.5 Å². The summed E-state index contributed by atoms with van der Waals surface area (Å²) in [4.78, 5) is 7.13. The monoisotopic (exact) mass is 379 g/mol. The van der Waals surface area contributed by atoms with Gasteiger partial charge in [-0.25, -0.2) is 4.98 Å². The molecule has 1 N–H and O–H groups in total. The molecule has 2 aromatic carbocycles. The van der Waals surface area contributed by atoms with Crippen molar-refractivity contribution in [3.63, 3.8) is 0 Å². The van der Waals surface area contributed by atoms with Crippen molar-refractivity contribution >= 4 is 21.6 Å². The zero-order valence-corrected chi connectivity index (χ0v) is 16.3. The van der Waals surface area contributed by atoms with Gasteiger partial charge in [-0.1, -0.05) is 35.6 Å². The fourth-order valence-electron chi connectivity index (χ4n) is 4.36. The van der Waals surface area contributed by atoms with Crippen molar-refractivity contribution in [1.29, 1.82) is 0 Å². The lowest BCUT2D eigenvalue weighted by molar-refractivity contribution is 0.112. The fraction of sp³-hybridized carbons (Fsp3) is 0.409. The smallest absolute Gasteiger partial charge is 0.279 e. The fourth-order valence-corrected chi connectivity index (χ4v) is 5.19. The predicted octanol–water partition coefficient (Wildman–Crippen LogP) is 4.66. The van der Waals surface area contributed by atoms with Crippen LogP contribution in [-0.2, 0) is 6.54 Å². The second-order valence-corrected chi connectivity index (χ2v) is 8.67. The van der Waals surface area contributed by atoms with E-state index in [9.17, 15) is 0 Å². The molecule has 2 aliphatic heterocycles. The van der Waals surface area contributed by atoms with E-state index in [4.69, 9.17) is 4.74 Å². The van der Waals surface area contributed by atoms with Crippen LogP contribution in [0.2, 0.25) is 0 Å². The number of para-hydroxylation sites is 1. The number of rotatable bonds is 4. The molecule has 0 aliphatic carbocycles. The van der Waals surface area contributed by atoms with Gasteiger partial charge in [-0.05, 0) is 68.1 Å². The highest BCUT2D eigenvalue weighted by Crippen LogP contribution is 2.31. The molecule has 2 saturated heterocycles. The minimum atomic E-state index is 0.689. The summed E-state index contributed by atoms with van der Waals surface area (Å²) >= 11 is 1.59. The molecule has 5 rings (SSSR count). The zero-order valence-electron chi connectivity index (χ0n) is 15.4. The first-order chi connectivity index (χ1) is 13.3. The molecule has 0 saturated carbocycles. The summed E-state index contributed by atoms with van der Waals surface area (Å²) in [6.07, 6.45) is 4.08. The maximum absolute atomic E-state index is 5.96. The molecule has 3 heterocycles. The van der Waals surface area contributed by atoms with Crippen LogP contribution in [0.4, 0.5) is 0 Å². The van der Waals surface area contributed by atoms with E-state index < -0.39 is 0 Å². The van der Waals surface area contributed by atoms with Crippen LogP contribution in [0.1, 0.15) is 24.8 Å². The van der Waals surface area contributed by atoms with Gasteiger partial charge in [-0.2, -0.15) is 0 Å². The average molecular weight is 380 g/mol. The first-order valence-corrected chi connectivity index (χ1v) is 10.7. The minimum absolute atomic E-state index is 0.689. The Morgan fingerprint density at radius 3 is 2.89 bits per heavy atom. The molecule has 27 heavy (non-hydrogen) atoms. The topological polar surface area (TPSA) is 37.4 Å². The lowest BCUT2D eigenvalue weighted by Gasteiger charge is -2.41. The van der Waals surface area contributed by atoms with Gasteiger partial charge in [0, 0.05) is 19.1 Å². The second kappa shape index (κ2) is 7.58. The van der Waals surface area contributed by atoms with Crippen LogP contribution in [-0.4, -0.2) is 35.6 Å². The molecular weight excluding hydrogens is 354 g/mol. The van der Waals surface area contributed by atoms with Gasteiger partial charge in [0.15, 0.2) is 0 Å². The zero-order chi connectivity index (χ0) is 18.1. The van der Waals surface area contributed by atoms with Crippen LogP contribution in [0.5, 0.6) is 10.9 Å². The van der Waals surface area contributed by atoms with Gasteiger partial charge >= 0.3 is 0 Å². The lowest BCUT2D eigenvalue weighted by Crippen LogP contribution is -2.53. The molecule has 5 heteroatoms. The van der Waals surface area contributed by atoms with E-state index in [1.54, 1.807) is 11.3 Å². The van der Waals surface area contributed by atoms with Crippen LogP contribution in [0.25, 0.3) is 10.2 Å². The summed E-state index contributed by atoms with van der Waals surface area (Å²) in [5, 5.41) is 4.42. The molecule has 4 nitrogen and oxygen atoms in total. The Hall–Kier alpha value is -1.95. The minimum Gasteiger partial charge on any atom is -0.431 e. The number of fused-ring (bicyclic) bond motifs is 2. The summed E-state index contributed by atoms with van der Waals surface area (Å²) in [7, 11) is 0. The van der Waals surface area contributed by atoms with Gasteiger partial charge in [0.2, 0.25) is 0 Å². The highest BCUT2D eigenvalue weighted by atomic mass is 32.1. The summed E-state index contributed by atoms with van der Waals surface area (Å²) in [6.45, 7) is 4.60. The number of hydrogen-bond acceptors (Lipinski definition) is 5. The molecule has 0 spiro atoms. The van der Waals surface area contributed by atoms with Gasteiger partial charge in [-0.3, -0.25) is 4.90 Å². The number of hydrogen-bond donors (Lipinski definition) is 1. The number of nitrogens with zero attached hydrogens (tertiary/aromatic N) is 2. The first kappa shape index (κ1) is 17.2. The van der Waals surface area contributed by atoms with Crippen LogP contribution in [0.15, 0.2) is 48.5 Å². The van der Waals surface area contributed by atoms with E-state index in [-0.39, 0.29) is 0 Å². The quantitative estimate of drug-likeness (QED) is 0.715. The third kappa shape index (κ3) is 3.86. The van der Waals surface area contributed by atoms with E-state index >= 15 is 0 Å². The van der Waals surface area contributed by atoms with Crippen LogP contribution < -0.4 is 10.1 Å². The highest BCUT2D eigenvalue weighted by Gasteiger charge is 2.30. The summed E-state index contributed by atoms with van der Waals surface area (Å²) < 4.78 is 7.12. The molecule has 2 aliphatic rings. The number of thiazole rings is 1. The molecule has 3 aromatic rings. The van der Waals surface area contributed by atoms with E-state index in [1.807, 2.05) is 18.2 Å². The van der Waals surface area contributed by atoms with Crippen LogP contribution in [0, 0.1) is 5.92 Å². The molecule has 2 fully saturated rings. The summed E-state index contributed by atoms with van der Waals surface area (Å²) in [6, 6.07) is 17.3. The predicted molar refractivity (Wildman–Crippen MR) is 111 cm³/mol. The Kier molecular flexibility index (Phi) is 4.82. The maximum Gasteiger partial charge on any atom is 0.279 e.